The quantitative estimate of drug-likeness (QED) is 0.550. The van der Waals surface area contributed by atoms with Crippen LogP contribution in [0, 0.1) is 5.41 Å². The van der Waals surface area contributed by atoms with Crippen LogP contribution in [-0.2, 0) is 9.84 Å². The Bertz CT molecular complexity index is 296. The highest BCUT2D eigenvalue weighted by Gasteiger charge is 2.23. The van der Waals surface area contributed by atoms with E-state index >= 15 is 0 Å². The van der Waals surface area contributed by atoms with Gasteiger partial charge in [-0.3, -0.25) is 0 Å². The number of hydrogen-bond donors (Lipinski definition) is 1. The lowest BCUT2D eigenvalue weighted by Crippen LogP contribution is -2.41. The Morgan fingerprint density at radius 2 is 1.88 bits per heavy atom. The molecule has 1 N–H and O–H groups in total. The van der Waals surface area contributed by atoms with Crippen LogP contribution in [0.5, 0.6) is 0 Å². The average Bonchev–Trinajstić information content (AvgIpc) is 2.21. The van der Waals surface area contributed by atoms with Gasteiger partial charge < -0.3 is 5.32 Å². The number of alkyl halides is 1. The lowest BCUT2D eigenvalue weighted by Gasteiger charge is -2.31. The summed E-state index contributed by atoms with van der Waals surface area (Å²) in [6.07, 6.45) is 1.58. The van der Waals surface area contributed by atoms with Gasteiger partial charge in [0.25, 0.3) is 0 Å². The van der Waals surface area contributed by atoms with E-state index in [1.807, 2.05) is 0 Å². The summed E-state index contributed by atoms with van der Waals surface area (Å²) in [5.41, 5.74) is 0.151. The smallest absolute Gasteiger partial charge is 0.150 e. The molecule has 5 heteroatoms. The largest absolute Gasteiger partial charge is 0.313 e. The van der Waals surface area contributed by atoms with Gasteiger partial charge >= 0.3 is 0 Å². The third-order valence-corrected chi connectivity index (χ3v) is 4.91. The number of rotatable bonds is 8. The molecule has 0 aliphatic carbocycles. The van der Waals surface area contributed by atoms with E-state index in [1.165, 1.54) is 0 Å². The molecule has 0 heterocycles. The molecule has 0 fully saturated rings. The standard InChI is InChI=1S/C12H26ClNO2S/c1-5-17(15,16)10-6-9-14-11(7-8-13)12(2,3)4/h11,14H,5-10H2,1-4H3. The van der Waals surface area contributed by atoms with Crippen LogP contribution in [0.4, 0.5) is 0 Å². The molecule has 0 aromatic heterocycles. The zero-order chi connectivity index (χ0) is 13.5. The molecule has 0 aliphatic rings. The molecule has 1 atom stereocenters. The van der Waals surface area contributed by atoms with E-state index in [9.17, 15) is 8.42 Å². The summed E-state index contributed by atoms with van der Waals surface area (Å²) >= 11 is 5.77. The fourth-order valence-electron chi connectivity index (χ4n) is 1.66. The number of sulfone groups is 1. The summed E-state index contributed by atoms with van der Waals surface area (Å²) in [6.45, 7) is 8.92. The van der Waals surface area contributed by atoms with E-state index in [1.54, 1.807) is 6.92 Å². The van der Waals surface area contributed by atoms with Gasteiger partial charge in [0.2, 0.25) is 0 Å². The number of nitrogens with one attached hydrogen (secondary N) is 1. The molecule has 3 nitrogen and oxygen atoms in total. The Morgan fingerprint density at radius 3 is 2.29 bits per heavy atom. The van der Waals surface area contributed by atoms with Crippen LogP contribution in [-0.4, -0.2) is 38.4 Å². The minimum Gasteiger partial charge on any atom is -0.313 e. The molecule has 0 spiro atoms. The number of hydrogen-bond acceptors (Lipinski definition) is 3. The van der Waals surface area contributed by atoms with E-state index in [0.717, 1.165) is 13.0 Å². The topological polar surface area (TPSA) is 46.2 Å². The maximum atomic E-state index is 11.3. The molecule has 0 radical (unpaired) electrons. The molecule has 1 unspecified atom stereocenters. The van der Waals surface area contributed by atoms with Crippen LogP contribution in [0.2, 0.25) is 0 Å². The third-order valence-electron chi connectivity index (χ3n) is 2.91. The summed E-state index contributed by atoms with van der Waals surface area (Å²) in [5, 5.41) is 3.41. The molecule has 0 bridgehead atoms. The van der Waals surface area contributed by atoms with E-state index < -0.39 is 9.84 Å². The van der Waals surface area contributed by atoms with Crippen molar-refractivity contribution in [2.75, 3.05) is 23.9 Å². The summed E-state index contributed by atoms with van der Waals surface area (Å²) in [6, 6.07) is 0.337. The molecule has 0 amide bonds. The summed E-state index contributed by atoms with van der Waals surface area (Å²) in [4.78, 5) is 0. The van der Waals surface area contributed by atoms with Crippen LogP contribution < -0.4 is 5.32 Å². The minimum atomic E-state index is -2.83. The van der Waals surface area contributed by atoms with Crippen LogP contribution in [0.3, 0.4) is 0 Å². The van der Waals surface area contributed by atoms with E-state index in [2.05, 4.69) is 26.1 Å². The van der Waals surface area contributed by atoms with E-state index in [0.29, 0.717) is 18.3 Å². The second kappa shape index (κ2) is 7.59. The highest BCUT2D eigenvalue weighted by Crippen LogP contribution is 2.22. The van der Waals surface area contributed by atoms with Gasteiger partial charge in [0.15, 0.2) is 0 Å². The molecule has 0 rings (SSSR count). The Morgan fingerprint density at radius 1 is 1.29 bits per heavy atom. The lowest BCUT2D eigenvalue weighted by atomic mass is 9.85. The highest BCUT2D eigenvalue weighted by atomic mass is 35.5. The predicted molar refractivity (Wildman–Crippen MR) is 75.5 cm³/mol. The van der Waals surface area contributed by atoms with Crippen molar-refractivity contribution >= 4 is 21.4 Å². The van der Waals surface area contributed by atoms with Crippen molar-refractivity contribution in [1.29, 1.82) is 0 Å². The maximum absolute atomic E-state index is 11.3. The Kier molecular flexibility index (Phi) is 7.68. The normalized spacial score (nSPS) is 14.9. The van der Waals surface area contributed by atoms with Crippen LogP contribution in [0.25, 0.3) is 0 Å². The van der Waals surface area contributed by atoms with Crippen molar-refractivity contribution in [3.05, 3.63) is 0 Å². The Hall–Kier alpha value is 0.200. The molecular formula is C12H26ClNO2S. The first kappa shape index (κ1) is 17.2. The third kappa shape index (κ3) is 8.01. The van der Waals surface area contributed by atoms with Crippen molar-refractivity contribution in [2.45, 2.75) is 46.6 Å². The summed E-state index contributed by atoms with van der Waals surface area (Å²) in [5.74, 6) is 1.13. The van der Waals surface area contributed by atoms with Gasteiger partial charge in [-0.2, -0.15) is 0 Å². The lowest BCUT2D eigenvalue weighted by molar-refractivity contribution is 0.263. The van der Waals surface area contributed by atoms with Crippen molar-refractivity contribution in [1.82, 2.24) is 5.32 Å². The van der Waals surface area contributed by atoms with Crippen LogP contribution in [0.1, 0.15) is 40.5 Å². The zero-order valence-electron chi connectivity index (χ0n) is 11.4. The molecule has 0 saturated carbocycles. The Labute approximate surface area is 111 Å². The van der Waals surface area contributed by atoms with Crippen molar-refractivity contribution in [3.8, 4) is 0 Å². The van der Waals surface area contributed by atoms with Gasteiger partial charge in [-0.15, -0.1) is 11.6 Å². The van der Waals surface area contributed by atoms with Crippen LogP contribution >= 0.6 is 11.6 Å². The van der Waals surface area contributed by atoms with E-state index in [-0.39, 0.29) is 16.9 Å². The Balaban J connectivity index is 4.00. The first-order valence-electron chi connectivity index (χ1n) is 6.22. The first-order valence-corrected chi connectivity index (χ1v) is 8.58. The SMILES string of the molecule is CCS(=O)(=O)CCCNC(CCCl)C(C)(C)C. The molecule has 0 aromatic rings. The fraction of sp³-hybridized carbons (Fsp3) is 1.00. The second-order valence-electron chi connectivity index (χ2n) is 5.44. The van der Waals surface area contributed by atoms with Gasteiger partial charge in [0.05, 0.1) is 5.75 Å². The number of halogens is 1. The van der Waals surface area contributed by atoms with Gasteiger partial charge in [0, 0.05) is 17.7 Å². The van der Waals surface area contributed by atoms with E-state index in [4.69, 9.17) is 11.6 Å². The summed E-state index contributed by atoms with van der Waals surface area (Å²) < 4.78 is 22.6. The van der Waals surface area contributed by atoms with Crippen molar-refractivity contribution in [2.24, 2.45) is 5.41 Å². The molecule has 0 saturated heterocycles. The highest BCUT2D eigenvalue weighted by molar-refractivity contribution is 7.91. The van der Waals surface area contributed by atoms with Gasteiger partial charge in [-0.05, 0) is 24.8 Å². The molecule has 17 heavy (non-hydrogen) atoms. The van der Waals surface area contributed by atoms with Crippen molar-refractivity contribution < 1.29 is 8.42 Å². The second-order valence-corrected chi connectivity index (χ2v) is 8.29. The first-order chi connectivity index (χ1) is 7.73. The molecular weight excluding hydrogens is 258 g/mol. The summed E-state index contributed by atoms with van der Waals surface area (Å²) in [7, 11) is -2.83. The average molecular weight is 284 g/mol. The fourth-order valence-corrected chi connectivity index (χ4v) is 2.75. The van der Waals surface area contributed by atoms with Gasteiger partial charge in [0.1, 0.15) is 9.84 Å². The maximum Gasteiger partial charge on any atom is 0.150 e. The van der Waals surface area contributed by atoms with Gasteiger partial charge in [-0.25, -0.2) is 8.42 Å². The molecule has 104 valence electrons. The van der Waals surface area contributed by atoms with Crippen molar-refractivity contribution in [3.63, 3.8) is 0 Å². The predicted octanol–water partition coefficient (Wildman–Crippen LogP) is 2.44. The van der Waals surface area contributed by atoms with Gasteiger partial charge in [-0.1, -0.05) is 27.7 Å². The molecule has 0 aliphatic heterocycles. The monoisotopic (exact) mass is 283 g/mol. The minimum absolute atomic E-state index is 0.151. The molecule has 0 aromatic carbocycles. The van der Waals surface area contributed by atoms with Crippen LogP contribution in [0.15, 0.2) is 0 Å². The zero-order valence-corrected chi connectivity index (χ0v) is 13.0.